The van der Waals surface area contributed by atoms with Crippen LogP contribution < -0.4 is 0 Å². The third-order valence-electron chi connectivity index (χ3n) is 2.52. The molecule has 0 bridgehead atoms. The Hall–Kier alpha value is -0.0900. The number of sulfone groups is 1. The SMILES string of the molecule is O=S1(=O)CC(C(O)C2CC2)C1. The van der Waals surface area contributed by atoms with Crippen LogP contribution in [0.2, 0.25) is 0 Å². The van der Waals surface area contributed by atoms with Gasteiger partial charge in [0.05, 0.1) is 17.6 Å². The lowest BCUT2D eigenvalue weighted by molar-refractivity contribution is 0.0993. The number of aliphatic hydroxyl groups excluding tert-OH is 1. The van der Waals surface area contributed by atoms with Gasteiger partial charge in [-0.15, -0.1) is 0 Å². The summed E-state index contributed by atoms with van der Waals surface area (Å²) in [4.78, 5) is 0. The van der Waals surface area contributed by atoms with Gasteiger partial charge in [0, 0.05) is 5.92 Å². The second-order valence-electron chi connectivity index (χ2n) is 3.67. The summed E-state index contributed by atoms with van der Waals surface area (Å²) in [6.07, 6.45) is 1.83. The Bertz CT molecular complexity index is 241. The van der Waals surface area contributed by atoms with Crippen LogP contribution in [-0.4, -0.2) is 31.1 Å². The van der Waals surface area contributed by atoms with Gasteiger partial charge in [0.2, 0.25) is 0 Å². The first-order valence-corrected chi connectivity index (χ1v) is 5.79. The first-order valence-electron chi connectivity index (χ1n) is 3.97. The van der Waals surface area contributed by atoms with Gasteiger partial charge in [-0.1, -0.05) is 0 Å². The van der Waals surface area contributed by atoms with Gasteiger partial charge in [-0.25, -0.2) is 8.42 Å². The molecule has 2 fully saturated rings. The van der Waals surface area contributed by atoms with Crippen molar-refractivity contribution in [3.63, 3.8) is 0 Å². The fourth-order valence-corrected chi connectivity index (χ4v) is 3.22. The molecule has 1 aliphatic heterocycles. The van der Waals surface area contributed by atoms with E-state index in [0.717, 1.165) is 12.8 Å². The van der Waals surface area contributed by atoms with E-state index in [0.29, 0.717) is 5.92 Å². The fourth-order valence-electron chi connectivity index (χ4n) is 1.62. The lowest BCUT2D eigenvalue weighted by atomic mass is 10.0. The minimum absolute atomic E-state index is 0.0486. The van der Waals surface area contributed by atoms with Gasteiger partial charge in [0.1, 0.15) is 0 Å². The van der Waals surface area contributed by atoms with Crippen LogP contribution >= 0.6 is 0 Å². The summed E-state index contributed by atoms with van der Waals surface area (Å²) in [5.41, 5.74) is 0. The monoisotopic (exact) mass is 176 g/mol. The Morgan fingerprint density at radius 3 is 2.09 bits per heavy atom. The van der Waals surface area contributed by atoms with Crippen LogP contribution in [0.1, 0.15) is 12.8 Å². The number of aliphatic hydroxyl groups is 1. The number of rotatable bonds is 2. The Balaban J connectivity index is 1.90. The molecule has 11 heavy (non-hydrogen) atoms. The largest absolute Gasteiger partial charge is 0.392 e. The molecule has 1 unspecified atom stereocenters. The molecule has 2 rings (SSSR count). The fraction of sp³-hybridized carbons (Fsp3) is 1.00. The van der Waals surface area contributed by atoms with Crippen molar-refractivity contribution < 1.29 is 13.5 Å². The van der Waals surface area contributed by atoms with E-state index in [1.54, 1.807) is 0 Å². The van der Waals surface area contributed by atoms with E-state index in [2.05, 4.69) is 0 Å². The zero-order valence-electron chi connectivity index (χ0n) is 6.23. The maximum atomic E-state index is 10.7. The normalized spacial score (nSPS) is 32.8. The summed E-state index contributed by atoms with van der Waals surface area (Å²) in [6.45, 7) is 0. The highest BCUT2D eigenvalue weighted by molar-refractivity contribution is 7.92. The number of hydrogen-bond acceptors (Lipinski definition) is 3. The first kappa shape index (κ1) is 7.55. The van der Waals surface area contributed by atoms with Gasteiger partial charge in [-0.2, -0.15) is 0 Å². The topological polar surface area (TPSA) is 54.4 Å². The van der Waals surface area contributed by atoms with Crippen LogP contribution in [-0.2, 0) is 9.84 Å². The van der Waals surface area contributed by atoms with Crippen molar-refractivity contribution in [3.8, 4) is 0 Å². The highest BCUT2D eigenvalue weighted by atomic mass is 32.2. The quantitative estimate of drug-likeness (QED) is 0.634. The molecule has 0 aromatic carbocycles. The van der Waals surface area contributed by atoms with Crippen LogP contribution in [0.15, 0.2) is 0 Å². The zero-order chi connectivity index (χ0) is 8.06. The molecular formula is C7H12O3S. The van der Waals surface area contributed by atoms with E-state index in [1.807, 2.05) is 0 Å². The highest BCUT2D eigenvalue weighted by Gasteiger charge is 2.44. The van der Waals surface area contributed by atoms with Crippen LogP contribution in [0, 0.1) is 11.8 Å². The second-order valence-corrected chi connectivity index (χ2v) is 5.82. The van der Waals surface area contributed by atoms with Crippen molar-refractivity contribution in [2.45, 2.75) is 18.9 Å². The van der Waals surface area contributed by atoms with E-state index >= 15 is 0 Å². The summed E-state index contributed by atoms with van der Waals surface area (Å²) < 4.78 is 21.5. The summed E-state index contributed by atoms with van der Waals surface area (Å²) in [7, 11) is -2.74. The van der Waals surface area contributed by atoms with E-state index in [4.69, 9.17) is 0 Å². The first-order chi connectivity index (χ1) is 5.08. The van der Waals surface area contributed by atoms with Crippen LogP contribution in [0.4, 0.5) is 0 Å². The molecule has 4 heteroatoms. The van der Waals surface area contributed by atoms with Crippen molar-refractivity contribution in [1.29, 1.82) is 0 Å². The predicted molar refractivity (Wildman–Crippen MR) is 40.9 cm³/mol. The van der Waals surface area contributed by atoms with Crippen molar-refractivity contribution in [2.24, 2.45) is 11.8 Å². The van der Waals surface area contributed by atoms with Gasteiger partial charge in [0.15, 0.2) is 9.84 Å². The minimum Gasteiger partial charge on any atom is -0.392 e. The standard InChI is InChI=1S/C7H12O3S/c8-7(5-1-2-5)6-3-11(9,10)4-6/h5-8H,1-4H2. The predicted octanol–water partition coefficient (Wildman–Crippen LogP) is -0.198. The molecule has 0 aromatic heterocycles. The molecular weight excluding hydrogens is 164 g/mol. The molecule has 0 spiro atoms. The van der Waals surface area contributed by atoms with Crippen molar-refractivity contribution >= 4 is 9.84 Å². The molecule has 1 saturated carbocycles. The molecule has 1 heterocycles. The van der Waals surface area contributed by atoms with E-state index in [-0.39, 0.29) is 23.5 Å². The maximum Gasteiger partial charge on any atom is 0.151 e. The van der Waals surface area contributed by atoms with Gasteiger partial charge in [-0.05, 0) is 18.8 Å². The summed E-state index contributed by atoms with van der Waals surface area (Å²) in [5.74, 6) is 0.887. The number of hydrogen-bond donors (Lipinski definition) is 1. The third kappa shape index (κ3) is 1.42. The molecule has 1 N–H and O–H groups in total. The average Bonchev–Trinajstić information content (AvgIpc) is 2.61. The molecule has 1 aliphatic carbocycles. The van der Waals surface area contributed by atoms with Gasteiger partial charge in [0.25, 0.3) is 0 Å². The van der Waals surface area contributed by atoms with Crippen LogP contribution in [0.25, 0.3) is 0 Å². The Labute approximate surface area is 66.3 Å². The van der Waals surface area contributed by atoms with Gasteiger partial charge in [-0.3, -0.25) is 0 Å². The Morgan fingerprint density at radius 1 is 1.18 bits per heavy atom. The Morgan fingerprint density at radius 2 is 1.73 bits per heavy atom. The smallest absolute Gasteiger partial charge is 0.151 e. The molecule has 0 aromatic rings. The van der Waals surface area contributed by atoms with Crippen LogP contribution in [0.3, 0.4) is 0 Å². The lowest BCUT2D eigenvalue weighted by Crippen LogP contribution is -2.44. The van der Waals surface area contributed by atoms with E-state index in [9.17, 15) is 13.5 Å². The molecule has 64 valence electrons. The molecule has 3 nitrogen and oxygen atoms in total. The van der Waals surface area contributed by atoms with E-state index < -0.39 is 9.84 Å². The third-order valence-corrected chi connectivity index (χ3v) is 4.40. The molecule has 1 atom stereocenters. The summed E-state index contributed by atoms with van der Waals surface area (Å²) in [5, 5.41) is 9.48. The molecule has 0 radical (unpaired) electrons. The highest BCUT2D eigenvalue weighted by Crippen LogP contribution is 2.38. The van der Waals surface area contributed by atoms with Crippen molar-refractivity contribution in [2.75, 3.05) is 11.5 Å². The van der Waals surface area contributed by atoms with Gasteiger partial charge < -0.3 is 5.11 Å². The minimum atomic E-state index is -2.74. The second kappa shape index (κ2) is 2.20. The van der Waals surface area contributed by atoms with Gasteiger partial charge >= 0.3 is 0 Å². The lowest BCUT2D eigenvalue weighted by Gasteiger charge is -2.30. The summed E-state index contributed by atoms with van der Waals surface area (Å²) in [6, 6.07) is 0. The average molecular weight is 176 g/mol. The molecule has 2 aliphatic rings. The van der Waals surface area contributed by atoms with Crippen LogP contribution in [0.5, 0.6) is 0 Å². The Kier molecular flexibility index (Phi) is 1.51. The van der Waals surface area contributed by atoms with Crippen molar-refractivity contribution in [1.82, 2.24) is 0 Å². The maximum absolute atomic E-state index is 10.7. The van der Waals surface area contributed by atoms with Crippen molar-refractivity contribution in [3.05, 3.63) is 0 Å². The molecule has 0 amide bonds. The molecule has 1 saturated heterocycles. The summed E-state index contributed by atoms with van der Waals surface area (Å²) >= 11 is 0. The van der Waals surface area contributed by atoms with E-state index in [1.165, 1.54) is 0 Å². The zero-order valence-corrected chi connectivity index (χ0v) is 7.05.